The van der Waals surface area contributed by atoms with Crippen molar-refractivity contribution in [1.29, 1.82) is 0 Å². The van der Waals surface area contributed by atoms with Gasteiger partial charge in [-0.25, -0.2) is 0 Å². The zero-order valence-corrected chi connectivity index (χ0v) is 10.9. The molecule has 0 bridgehead atoms. The van der Waals surface area contributed by atoms with Crippen LogP contribution in [-0.2, 0) is 0 Å². The van der Waals surface area contributed by atoms with Crippen LogP contribution in [0.15, 0.2) is 24.3 Å². The van der Waals surface area contributed by atoms with E-state index in [0.29, 0.717) is 5.69 Å². The van der Waals surface area contributed by atoms with Crippen molar-refractivity contribution in [3.05, 3.63) is 40.7 Å². The van der Waals surface area contributed by atoms with Crippen LogP contribution in [0.3, 0.4) is 0 Å². The Hall–Kier alpha value is -1.61. The molecule has 0 aliphatic carbocycles. The fourth-order valence-corrected chi connectivity index (χ4v) is 2.22. The van der Waals surface area contributed by atoms with E-state index >= 15 is 0 Å². The largest absolute Gasteiger partial charge is 0.495 e. The third kappa shape index (κ3) is 1.98. The SMILES string of the molecule is COc1ccc(N)cc1-n1c(C)cc(Cl)c1C. The molecule has 0 aliphatic rings. The summed E-state index contributed by atoms with van der Waals surface area (Å²) >= 11 is 6.13. The molecule has 17 heavy (non-hydrogen) atoms. The summed E-state index contributed by atoms with van der Waals surface area (Å²) in [6.45, 7) is 3.97. The topological polar surface area (TPSA) is 40.2 Å². The van der Waals surface area contributed by atoms with Gasteiger partial charge in [-0.05, 0) is 38.1 Å². The monoisotopic (exact) mass is 250 g/mol. The number of halogens is 1. The number of hydrogen-bond acceptors (Lipinski definition) is 2. The molecule has 2 N–H and O–H groups in total. The van der Waals surface area contributed by atoms with Crippen molar-refractivity contribution in [2.24, 2.45) is 0 Å². The van der Waals surface area contributed by atoms with E-state index < -0.39 is 0 Å². The number of methoxy groups -OCH3 is 1. The van der Waals surface area contributed by atoms with Crippen molar-refractivity contribution in [2.45, 2.75) is 13.8 Å². The Kier molecular flexibility index (Phi) is 3.03. The highest BCUT2D eigenvalue weighted by atomic mass is 35.5. The number of nitrogens with zero attached hydrogens (tertiary/aromatic N) is 1. The van der Waals surface area contributed by atoms with Crippen LogP contribution in [0.25, 0.3) is 5.69 Å². The minimum atomic E-state index is 0.699. The van der Waals surface area contributed by atoms with E-state index in [1.54, 1.807) is 7.11 Å². The third-order valence-electron chi connectivity index (χ3n) is 2.81. The standard InChI is InChI=1S/C13H15ClN2O/c1-8-6-11(14)9(2)16(8)12-7-10(15)4-5-13(12)17-3/h4-7H,15H2,1-3H3. The van der Waals surface area contributed by atoms with Crippen LogP contribution in [0.2, 0.25) is 5.02 Å². The van der Waals surface area contributed by atoms with Gasteiger partial charge in [0.25, 0.3) is 0 Å². The smallest absolute Gasteiger partial charge is 0.143 e. The molecule has 0 unspecified atom stereocenters. The maximum Gasteiger partial charge on any atom is 0.143 e. The van der Waals surface area contributed by atoms with Gasteiger partial charge >= 0.3 is 0 Å². The molecule has 0 spiro atoms. The normalized spacial score (nSPS) is 10.6. The Balaban J connectivity index is 2.71. The molecule has 1 aromatic heterocycles. The predicted molar refractivity (Wildman–Crippen MR) is 71.2 cm³/mol. The number of hydrogen-bond donors (Lipinski definition) is 1. The lowest BCUT2D eigenvalue weighted by molar-refractivity contribution is 0.412. The number of ether oxygens (including phenoxy) is 1. The van der Waals surface area contributed by atoms with E-state index in [0.717, 1.165) is 27.8 Å². The van der Waals surface area contributed by atoms with Crippen molar-refractivity contribution in [3.8, 4) is 11.4 Å². The van der Waals surface area contributed by atoms with Gasteiger partial charge in [-0.1, -0.05) is 11.6 Å². The van der Waals surface area contributed by atoms with E-state index in [1.807, 2.05) is 42.7 Å². The Morgan fingerprint density at radius 3 is 2.47 bits per heavy atom. The second-order valence-corrected chi connectivity index (χ2v) is 4.39. The minimum absolute atomic E-state index is 0.699. The maximum atomic E-state index is 6.13. The number of nitrogens with two attached hydrogens (primary N) is 1. The first kappa shape index (κ1) is 11.9. The molecular weight excluding hydrogens is 236 g/mol. The molecule has 1 heterocycles. The first-order valence-electron chi connectivity index (χ1n) is 5.33. The van der Waals surface area contributed by atoms with E-state index in [1.165, 1.54) is 0 Å². The van der Waals surface area contributed by atoms with E-state index in [-0.39, 0.29) is 0 Å². The van der Waals surface area contributed by atoms with E-state index in [9.17, 15) is 0 Å². The van der Waals surface area contributed by atoms with Crippen LogP contribution in [-0.4, -0.2) is 11.7 Å². The maximum absolute atomic E-state index is 6.13. The fourth-order valence-electron chi connectivity index (χ4n) is 1.98. The van der Waals surface area contributed by atoms with Crippen molar-refractivity contribution >= 4 is 17.3 Å². The van der Waals surface area contributed by atoms with Crippen LogP contribution in [0.5, 0.6) is 5.75 Å². The summed E-state index contributed by atoms with van der Waals surface area (Å²) in [6.07, 6.45) is 0. The molecule has 0 atom stereocenters. The van der Waals surface area contributed by atoms with Crippen molar-refractivity contribution < 1.29 is 4.74 Å². The Labute approximate surface area is 106 Å². The summed E-state index contributed by atoms with van der Waals surface area (Å²) < 4.78 is 7.39. The fraction of sp³-hybridized carbons (Fsp3) is 0.231. The summed E-state index contributed by atoms with van der Waals surface area (Å²) in [7, 11) is 1.64. The molecule has 0 fully saturated rings. The lowest BCUT2D eigenvalue weighted by Crippen LogP contribution is -2.02. The van der Waals surface area contributed by atoms with Gasteiger partial charge in [0.15, 0.2) is 0 Å². The number of anilines is 1. The molecule has 3 nitrogen and oxygen atoms in total. The summed E-state index contributed by atoms with van der Waals surface area (Å²) in [5.74, 6) is 0.776. The molecular formula is C13H15ClN2O. The molecule has 0 saturated heterocycles. The average Bonchev–Trinajstić information content (AvgIpc) is 2.53. The highest BCUT2D eigenvalue weighted by Crippen LogP contribution is 2.31. The first-order valence-corrected chi connectivity index (χ1v) is 5.70. The second kappa shape index (κ2) is 4.34. The van der Waals surface area contributed by atoms with E-state index in [2.05, 4.69) is 0 Å². The van der Waals surface area contributed by atoms with Gasteiger partial charge in [-0.2, -0.15) is 0 Å². The molecule has 2 rings (SSSR count). The number of aromatic nitrogens is 1. The van der Waals surface area contributed by atoms with E-state index in [4.69, 9.17) is 22.1 Å². The van der Waals surface area contributed by atoms with Crippen LogP contribution in [0, 0.1) is 13.8 Å². The quantitative estimate of drug-likeness (QED) is 0.831. The van der Waals surface area contributed by atoms with Gasteiger partial charge in [0.05, 0.1) is 17.8 Å². The first-order chi connectivity index (χ1) is 8.04. The molecule has 90 valence electrons. The van der Waals surface area contributed by atoms with Crippen LogP contribution in [0.1, 0.15) is 11.4 Å². The second-order valence-electron chi connectivity index (χ2n) is 3.99. The predicted octanol–water partition coefficient (Wildman–Crippen LogP) is 3.34. The molecule has 0 aliphatic heterocycles. The number of aryl methyl sites for hydroxylation is 1. The summed E-state index contributed by atoms with van der Waals surface area (Å²) in [5.41, 5.74) is 9.47. The lowest BCUT2D eigenvalue weighted by atomic mass is 10.2. The van der Waals surface area contributed by atoms with Crippen LogP contribution in [0.4, 0.5) is 5.69 Å². The van der Waals surface area contributed by atoms with Crippen LogP contribution < -0.4 is 10.5 Å². The van der Waals surface area contributed by atoms with Crippen LogP contribution >= 0.6 is 11.6 Å². The number of nitrogen functional groups attached to an aromatic ring is 1. The highest BCUT2D eigenvalue weighted by Gasteiger charge is 2.13. The zero-order valence-electron chi connectivity index (χ0n) is 10.1. The summed E-state index contributed by atoms with van der Waals surface area (Å²) in [6, 6.07) is 7.49. The number of benzene rings is 1. The van der Waals surface area contributed by atoms with Gasteiger partial charge in [0.2, 0.25) is 0 Å². The van der Waals surface area contributed by atoms with Gasteiger partial charge in [0.1, 0.15) is 5.75 Å². The van der Waals surface area contributed by atoms with Gasteiger partial charge < -0.3 is 15.0 Å². The Bertz CT molecular complexity index is 561. The lowest BCUT2D eigenvalue weighted by Gasteiger charge is -2.14. The third-order valence-corrected chi connectivity index (χ3v) is 3.20. The average molecular weight is 251 g/mol. The van der Waals surface area contributed by atoms with Gasteiger partial charge in [0, 0.05) is 17.1 Å². The minimum Gasteiger partial charge on any atom is -0.495 e. The Morgan fingerprint density at radius 1 is 1.24 bits per heavy atom. The van der Waals surface area contributed by atoms with Gasteiger partial charge in [-0.3, -0.25) is 0 Å². The van der Waals surface area contributed by atoms with Crippen molar-refractivity contribution in [3.63, 3.8) is 0 Å². The molecule has 4 heteroatoms. The Morgan fingerprint density at radius 2 is 1.94 bits per heavy atom. The molecule has 1 aromatic carbocycles. The molecule has 0 amide bonds. The van der Waals surface area contributed by atoms with Gasteiger partial charge in [-0.15, -0.1) is 0 Å². The van der Waals surface area contributed by atoms with Crippen molar-refractivity contribution in [2.75, 3.05) is 12.8 Å². The molecule has 0 saturated carbocycles. The van der Waals surface area contributed by atoms with Crippen molar-refractivity contribution in [1.82, 2.24) is 4.57 Å². The number of rotatable bonds is 2. The molecule has 2 aromatic rings. The summed E-state index contributed by atoms with van der Waals surface area (Å²) in [4.78, 5) is 0. The zero-order chi connectivity index (χ0) is 12.6. The molecule has 0 radical (unpaired) electrons. The highest BCUT2D eigenvalue weighted by molar-refractivity contribution is 6.31. The summed E-state index contributed by atoms with van der Waals surface area (Å²) in [5, 5.41) is 0.743.